The highest BCUT2D eigenvalue weighted by Gasteiger charge is 2.34. The van der Waals surface area contributed by atoms with E-state index in [1.54, 1.807) is 62.4 Å². The van der Waals surface area contributed by atoms with Crippen molar-refractivity contribution in [1.29, 1.82) is 0 Å². The Labute approximate surface area is 427 Å². The van der Waals surface area contributed by atoms with Gasteiger partial charge in [-0.2, -0.15) is 19.9 Å². The molecule has 398 valence electrons. The Morgan fingerprint density at radius 3 is 1.45 bits per heavy atom. The van der Waals surface area contributed by atoms with E-state index in [0.29, 0.717) is 36.8 Å². The Morgan fingerprint density at radius 2 is 1.11 bits per heavy atom. The van der Waals surface area contributed by atoms with Gasteiger partial charge in [0.2, 0.25) is 33.1 Å². The number of ether oxygens (including phenoxy) is 3. The predicted molar refractivity (Wildman–Crippen MR) is 282 cm³/mol. The summed E-state index contributed by atoms with van der Waals surface area (Å²) in [5, 5.41) is 30.5. The van der Waals surface area contributed by atoms with Gasteiger partial charge >= 0.3 is 29.6 Å². The molecule has 4 rings (SSSR count). The number of allylic oxidation sites excluding steroid dienone is 2. The summed E-state index contributed by atoms with van der Waals surface area (Å²) < 4.78 is 39.4. The number of hydrogen-bond donors (Lipinski definition) is 3. The van der Waals surface area contributed by atoms with Gasteiger partial charge in [0, 0.05) is 12.9 Å². The van der Waals surface area contributed by atoms with E-state index in [-0.39, 0.29) is 51.3 Å². The van der Waals surface area contributed by atoms with Crippen molar-refractivity contribution in [3.05, 3.63) is 142 Å². The molecule has 0 aliphatic carbocycles. The van der Waals surface area contributed by atoms with Gasteiger partial charge in [-0.25, -0.2) is 18.0 Å². The molecule has 2 heterocycles. The molecule has 5 N–H and O–H groups in total. The van der Waals surface area contributed by atoms with Crippen LogP contribution < -0.4 is 26.0 Å². The molecule has 2 aromatic carbocycles. The fourth-order valence-corrected chi connectivity index (χ4v) is 6.61. The van der Waals surface area contributed by atoms with Gasteiger partial charge < -0.3 is 35.7 Å². The Bertz CT molecular complexity index is 2570. The van der Waals surface area contributed by atoms with Gasteiger partial charge in [-0.3, -0.25) is 30.0 Å². The molecule has 0 saturated carbocycles. The zero-order chi connectivity index (χ0) is 55.1. The van der Waals surface area contributed by atoms with Crippen molar-refractivity contribution in [3.63, 3.8) is 0 Å². The number of benzene rings is 2. The third-order valence-electron chi connectivity index (χ3n) is 9.58. The monoisotopic (exact) mass is 1040 g/mol. The Morgan fingerprint density at radius 1 is 0.685 bits per heavy atom. The van der Waals surface area contributed by atoms with Crippen molar-refractivity contribution in [2.75, 3.05) is 73.6 Å². The van der Waals surface area contributed by atoms with Gasteiger partial charge in [0.05, 0.1) is 42.8 Å². The largest absolute Gasteiger partial charge is 0.463 e. The molecule has 0 saturated heterocycles. The maximum atomic E-state index is 12.7. The molecule has 0 radical (unpaired) electrons. The highest BCUT2D eigenvalue weighted by molar-refractivity contribution is 7.90. The highest BCUT2D eigenvalue weighted by Crippen LogP contribution is 2.35. The summed E-state index contributed by atoms with van der Waals surface area (Å²) in [6, 6.07) is 14.3. The third kappa shape index (κ3) is 21.6. The Kier molecular flexibility index (Phi) is 29.2. The summed E-state index contributed by atoms with van der Waals surface area (Å²) in [5.41, 5.74) is 13.3. The van der Waals surface area contributed by atoms with E-state index in [1.165, 1.54) is 19.6 Å². The van der Waals surface area contributed by atoms with Crippen LogP contribution >= 0.6 is 0 Å². The molecule has 2 aromatic heterocycles. The topological polar surface area (TPSA) is 316 Å². The first kappa shape index (κ1) is 63.2. The van der Waals surface area contributed by atoms with Crippen LogP contribution in [0.4, 0.5) is 44.2 Å². The van der Waals surface area contributed by atoms with Gasteiger partial charge in [0.15, 0.2) is 0 Å². The first-order valence-electron chi connectivity index (χ1n) is 23.0. The lowest BCUT2D eigenvalue weighted by atomic mass is 10.1. The number of aromatic nitrogens is 4. The second-order valence-electron chi connectivity index (χ2n) is 15.0. The molecular formula is C49H69N11O12S. The number of nitrogens with two attached hydrogens (primary N) is 2. The average molecular weight is 1040 g/mol. The molecule has 0 bridgehead atoms. The SMILES string of the molecule is C=CCCO.C=CCCOc1nc(N)c([N+](=O)[O-])c(N(Cc2cccc(CC=C)c2)C(=O)OCC)n1.C=CCc1cccc(CN(C(=O)OCC)c2nc(S(C)(=O)=O)nc(N)c2[N+](=O)[O-])c1.CCN(CC)CC. The molecule has 24 heteroatoms. The van der Waals surface area contributed by atoms with E-state index < -0.39 is 65.9 Å². The van der Waals surface area contributed by atoms with Crippen LogP contribution in [0.25, 0.3) is 0 Å². The summed E-state index contributed by atoms with van der Waals surface area (Å²) in [5.74, 6) is -1.97. The maximum absolute atomic E-state index is 12.7. The number of carbonyl (C=O) groups excluding carboxylic acids is 2. The van der Waals surface area contributed by atoms with Crippen LogP contribution in [-0.2, 0) is 45.2 Å². The third-order valence-corrected chi connectivity index (χ3v) is 10.4. The van der Waals surface area contributed by atoms with Crippen LogP contribution in [0.1, 0.15) is 69.7 Å². The number of anilines is 4. The minimum atomic E-state index is -3.96. The maximum Gasteiger partial charge on any atom is 0.415 e. The van der Waals surface area contributed by atoms with Crippen molar-refractivity contribution in [2.24, 2.45) is 0 Å². The number of aliphatic hydroxyl groups excluding tert-OH is 1. The molecule has 4 aromatic rings. The Balaban J connectivity index is 0.000000596. The number of carbonyl (C=O) groups is 2. The van der Waals surface area contributed by atoms with Crippen LogP contribution in [0, 0.1) is 20.2 Å². The lowest BCUT2D eigenvalue weighted by Crippen LogP contribution is -2.33. The minimum absolute atomic E-state index is 0.0147. The van der Waals surface area contributed by atoms with Crippen molar-refractivity contribution in [2.45, 2.75) is 78.5 Å². The van der Waals surface area contributed by atoms with Gasteiger partial charge in [0.1, 0.15) is 0 Å². The van der Waals surface area contributed by atoms with E-state index >= 15 is 0 Å². The molecule has 0 aliphatic rings. The zero-order valence-electron chi connectivity index (χ0n) is 42.5. The molecule has 0 unspecified atom stereocenters. The van der Waals surface area contributed by atoms with Gasteiger partial charge in [-0.1, -0.05) is 93.6 Å². The lowest BCUT2D eigenvalue weighted by Gasteiger charge is -2.21. The quantitative estimate of drug-likeness (QED) is 0.0197. The van der Waals surface area contributed by atoms with Crippen molar-refractivity contribution >= 4 is 56.7 Å². The predicted octanol–water partition coefficient (Wildman–Crippen LogP) is 7.98. The summed E-state index contributed by atoms with van der Waals surface area (Å²) in [7, 11) is -3.96. The second-order valence-corrected chi connectivity index (χ2v) is 16.9. The Hall–Kier alpha value is -7.83. The van der Waals surface area contributed by atoms with Crippen LogP contribution in [0.3, 0.4) is 0 Å². The number of rotatable bonds is 24. The standard InChI is InChI=1S/C21H25N5O5.C18H21N5O6S.C6H15N.C4H8O/c1-4-7-12-31-20-23-18(22)17(26(28)29)19(24-20)25(21(27)30-6-3)14-16-11-8-10-15(13-16)9-5-2;1-4-7-12-8-6-9-13(10-12)11-22(18(24)29-5-2)16-14(23(25)26)15(19)20-17(21-16)30(3,27)28;1-4-7(5-2)6-3;1-2-3-4-5/h4-5,8,10-11,13H,1-2,6-7,9,12,14H2,3H3,(H2,22,23,24);4,6,8-10H,1,5,7,11H2,2-3H3,(H2,19,20,21);4-6H2,1-3H3;2,5H,1,3-4H2. The van der Waals surface area contributed by atoms with Crippen molar-refractivity contribution in [1.82, 2.24) is 24.8 Å². The van der Waals surface area contributed by atoms with E-state index in [1.807, 2.05) is 24.3 Å². The van der Waals surface area contributed by atoms with E-state index in [0.717, 1.165) is 27.2 Å². The van der Waals surface area contributed by atoms with Crippen LogP contribution in [0.15, 0.2) is 104 Å². The van der Waals surface area contributed by atoms with Crippen molar-refractivity contribution < 1.29 is 47.2 Å². The first-order chi connectivity index (χ1) is 34.7. The lowest BCUT2D eigenvalue weighted by molar-refractivity contribution is -0.383. The molecule has 0 aliphatic heterocycles. The van der Waals surface area contributed by atoms with Crippen LogP contribution in [0.5, 0.6) is 6.01 Å². The fraction of sp³-hybridized carbons (Fsp3) is 0.388. The van der Waals surface area contributed by atoms with E-state index in [4.69, 9.17) is 30.8 Å². The molecule has 2 amide bonds. The molecule has 23 nitrogen and oxygen atoms in total. The number of nitro groups is 2. The number of hydrogen-bond acceptors (Lipinski definition) is 19. The summed E-state index contributed by atoms with van der Waals surface area (Å²) >= 11 is 0. The summed E-state index contributed by atoms with van der Waals surface area (Å²) in [6.07, 6.45) is 8.26. The molecule has 0 fully saturated rings. The molecule has 0 atom stereocenters. The zero-order valence-corrected chi connectivity index (χ0v) is 43.3. The van der Waals surface area contributed by atoms with Crippen LogP contribution in [-0.4, -0.2) is 113 Å². The minimum Gasteiger partial charge on any atom is -0.463 e. The first-order valence-corrected chi connectivity index (χ1v) is 24.9. The summed E-state index contributed by atoms with van der Waals surface area (Å²) in [4.78, 5) is 66.5. The van der Waals surface area contributed by atoms with E-state index in [9.17, 15) is 38.2 Å². The van der Waals surface area contributed by atoms with Gasteiger partial charge in [-0.05, 0) is 81.4 Å². The number of aliphatic hydroxyl groups is 1. The number of sulfone groups is 1. The smallest absolute Gasteiger partial charge is 0.415 e. The highest BCUT2D eigenvalue weighted by atomic mass is 32.2. The molecule has 0 spiro atoms. The fourth-order valence-electron chi connectivity index (χ4n) is 6.09. The number of nitrogen functional groups attached to an aromatic ring is 2. The van der Waals surface area contributed by atoms with E-state index in [2.05, 4.69) is 71.9 Å². The normalized spacial score (nSPS) is 10.4. The average Bonchev–Trinajstić information content (AvgIpc) is 3.33. The second kappa shape index (κ2) is 33.7. The van der Waals surface area contributed by atoms with Gasteiger partial charge in [0.25, 0.3) is 5.16 Å². The van der Waals surface area contributed by atoms with Crippen molar-refractivity contribution in [3.8, 4) is 6.01 Å². The van der Waals surface area contributed by atoms with Gasteiger partial charge in [-0.15, -0.1) is 26.3 Å². The molecule has 73 heavy (non-hydrogen) atoms. The number of amides is 2. The number of nitrogens with zero attached hydrogens (tertiary/aromatic N) is 9. The van der Waals surface area contributed by atoms with Crippen LogP contribution in [0.2, 0.25) is 0 Å². The molecular weight excluding hydrogens is 967 g/mol. The summed E-state index contributed by atoms with van der Waals surface area (Å²) in [6.45, 7) is 28.0.